The molecule has 0 bridgehead atoms. The molecule has 0 aliphatic heterocycles. The second-order valence-corrected chi connectivity index (χ2v) is 4.01. The minimum absolute atomic E-state index is 0.365. The molecule has 0 amide bonds. The monoisotopic (exact) mass is 288 g/mol. The first-order chi connectivity index (χ1) is 5.65. The van der Waals surface area contributed by atoms with Gasteiger partial charge in [-0.05, 0) is 33.6 Å². The summed E-state index contributed by atoms with van der Waals surface area (Å²) in [7, 11) is 0. The smallest absolute Gasteiger partial charge is 0.0670 e. The van der Waals surface area contributed by atoms with Gasteiger partial charge in [-0.15, -0.1) is 0 Å². The number of hydrogen-bond donors (Lipinski definition) is 1. The Bertz CT molecular complexity index is 342. The van der Waals surface area contributed by atoms with Crippen molar-refractivity contribution in [2.45, 2.75) is 6.42 Å². The number of halogens is 2. The average Bonchev–Trinajstić information content (AvgIpc) is 2.00. The number of hydrogen-bond acceptors (Lipinski definition) is 2. The lowest BCUT2D eigenvalue weighted by atomic mass is 10.1. The Morgan fingerprint density at radius 2 is 2.08 bits per heavy atom. The highest BCUT2D eigenvalue weighted by atomic mass is 79.9. The Balaban J connectivity index is 3.20. The molecule has 0 radical (unpaired) electrons. The molecule has 0 saturated heterocycles. The Morgan fingerprint density at radius 1 is 1.42 bits per heavy atom. The van der Waals surface area contributed by atoms with E-state index in [1.165, 1.54) is 0 Å². The van der Waals surface area contributed by atoms with Gasteiger partial charge in [-0.1, -0.05) is 15.9 Å². The second-order valence-electron chi connectivity index (χ2n) is 2.30. The van der Waals surface area contributed by atoms with Gasteiger partial charge >= 0.3 is 0 Å². The van der Waals surface area contributed by atoms with E-state index in [4.69, 9.17) is 11.0 Å². The van der Waals surface area contributed by atoms with Gasteiger partial charge in [-0.3, -0.25) is 0 Å². The van der Waals surface area contributed by atoms with Crippen molar-refractivity contribution < 1.29 is 0 Å². The van der Waals surface area contributed by atoms with E-state index >= 15 is 0 Å². The van der Waals surface area contributed by atoms with E-state index in [0.717, 1.165) is 14.5 Å². The number of rotatable bonds is 1. The zero-order valence-corrected chi connectivity index (χ0v) is 9.31. The Morgan fingerprint density at radius 3 is 2.67 bits per heavy atom. The van der Waals surface area contributed by atoms with Crippen LogP contribution in [0.2, 0.25) is 0 Å². The van der Waals surface area contributed by atoms with Crippen molar-refractivity contribution in [1.82, 2.24) is 0 Å². The minimum atomic E-state index is 0.365. The molecule has 0 aliphatic rings. The van der Waals surface area contributed by atoms with Crippen molar-refractivity contribution in [3.63, 3.8) is 0 Å². The van der Waals surface area contributed by atoms with E-state index in [1.807, 2.05) is 6.07 Å². The summed E-state index contributed by atoms with van der Waals surface area (Å²) < 4.78 is 1.71. The molecule has 0 fully saturated rings. The third-order valence-electron chi connectivity index (χ3n) is 1.41. The lowest BCUT2D eigenvalue weighted by Crippen LogP contribution is -1.92. The third kappa shape index (κ3) is 1.99. The highest BCUT2D eigenvalue weighted by Crippen LogP contribution is 2.28. The number of nitrogen functional groups attached to an aromatic ring is 1. The second kappa shape index (κ2) is 3.92. The number of anilines is 1. The zero-order chi connectivity index (χ0) is 9.14. The molecule has 1 aromatic carbocycles. The summed E-state index contributed by atoms with van der Waals surface area (Å²) in [5, 5.41) is 8.50. The van der Waals surface area contributed by atoms with Gasteiger partial charge in [0, 0.05) is 14.6 Å². The van der Waals surface area contributed by atoms with Gasteiger partial charge in [-0.2, -0.15) is 5.26 Å². The molecule has 2 N–H and O–H groups in total. The van der Waals surface area contributed by atoms with Gasteiger partial charge in [0.25, 0.3) is 0 Å². The van der Waals surface area contributed by atoms with E-state index in [2.05, 4.69) is 37.9 Å². The van der Waals surface area contributed by atoms with Crippen LogP contribution in [0.5, 0.6) is 0 Å². The van der Waals surface area contributed by atoms with Crippen LogP contribution in [0.1, 0.15) is 5.56 Å². The van der Waals surface area contributed by atoms with Crippen LogP contribution in [0.3, 0.4) is 0 Å². The zero-order valence-electron chi connectivity index (χ0n) is 6.14. The van der Waals surface area contributed by atoms with E-state index in [9.17, 15) is 0 Å². The molecule has 4 heteroatoms. The molecular weight excluding hydrogens is 284 g/mol. The average molecular weight is 290 g/mol. The van der Waals surface area contributed by atoms with E-state index in [-0.39, 0.29) is 0 Å². The van der Waals surface area contributed by atoms with Crippen LogP contribution in [0.4, 0.5) is 5.69 Å². The lowest BCUT2D eigenvalue weighted by Gasteiger charge is -2.03. The van der Waals surface area contributed by atoms with E-state index in [1.54, 1.807) is 6.07 Å². The van der Waals surface area contributed by atoms with Crippen LogP contribution in [-0.4, -0.2) is 0 Å². The van der Waals surface area contributed by atoms with Crippen LogP contribution in [-0.2, 0) is 6.42 Å². The maximum absolute atomic E-state index is 8.50. The van der Waals surface area contributed by atoms with Crippen molar-refractivity contribution in [2.75, 3.05) is 5.73 Å². The lowest BCUT2D eigenvalue weighted by molar-refractivity contribution is 1.24. The van der Waals surface area contributed by atoms with Gasteiger partial charge in [0.05, 0.1) is 12.5 Å². The fraction of sp³-hybridized carbons (Fsp3) is 0.125. The summed E-state index contributed by atoms with van der Waals surface area (Å²) in [4.78, 5) is 0. The Labute approximate surface area is 87.6 Å². The molecule has 1 aromatic rings. The highest BCUT2D eigenvalue weighted by Gasteiger charge is 2.04. The van der Waals surface area contributed by atoms with Crippen LogP contribution in [0, 0.1) is 11.3 Å². The molecule has 0 unspecified atom stereocenters. The molecule has 0 aromatic heterocycles. The summed E-state index contributed by atoms with van der Waals surface area (Å²) in [6.07, 6.45) is 0.365. The van der Waals surface area contributed by atoms with Crippen molar-refractivity contribution in [2.24, 2.45) is 0 Å². The first-order valence-electron chi connectivity index (χ1n) is 3.25. The molecule has 0 heterocycles. The van der Waals surface area contributed by atoms with Gasteiger partial charge < -0.3 is 5.73 Å². The standard InChI is InChI=1S/C8H6Br2N2/c9-6-3-5(1-2-11)8(10)7(12)4-6/h3-4H,1,12H2. The first-order valence-corrected chi connectivity index (χ1v) is 4.84. The van der Waals surface area contributed by atoms with Crippen molar-refractivity contribution in [1.29, 1.82) is 5.26 Å². The summed E-state index contributed by atoms with van der Waals surface area (Å²) >= 11 is 6.63. The molecular formula is C8H6Br2N2. The highest BCUT2D eigenvalue weighted by molar-refractivity contribution is 9.11. The molecule has 0 spiro atoms. The number of nitrogens with two attached hydrogens (primary N) is 1. The molecule has 62 valence electrons. The molecule has 12 heavy (non-hydrogen) atoms. The predicted molar refractivity (Wildman–Crippen MR) is 55.6 cm³/mol. The molecule has 0 saturated carbocycles. The summed E-state index contributed by atoms with van der Waals surface area (Å²) in [6.45, 7) is 0. The Kier molecular flexibility index (Phi) is 3.12. The number of nitrogens with zero attached hydrogens (tertiary/aromatic N) is 1. The third-order valence-corrected chi connectivity index (χ3v) is 2.84. The van der Waals surface area contributed by atoms with Crippen LogP contribution in [0.15, 0.2) is 21.1 Å². The van der Waals surface area contributed by atoms with Gasteiger partial charge in [0.1, 0.15) is 0 Å². The van der Waals surface area contributed by atoms with E-state index in [0.29, 0.717) is 12.1 Å². The summed E-state index contributed by atoms with van der Waals surface area (Å²) in [5.74, 6) is 0. The SMILES string of the molecule is N#CCc1cc(Br)cc(N)c1Br. The minimum Gasteiger partial charge on any atom is -0.398 e. The molecule has 0 atom stereocenters. The topological polar surface area (TPSA) is 49.8 Å². The predicted octanol–water partition coefficient (Wildman–Crippen LogP) is 2.86. The summed E-state index contributed by atoms with van der Waals surface area (Å²) in [6, 6.07) is 5.75. The number of nitriles is 1. The fourth-order valence-corrected chi connectivity index (χ4v) is 1.77. The van der Waals surface area contributed by atoms with Crippen LogP contribution >= 0.6 is 31.9 Å². The normalized spacial score (nSPS) is 9.42. The van der Waals surface area contributed by atoms with Gasteiger partial charge in [0.2, 0.25) is 0 Å². The molecule has 1 rings (SSSR count). The maximum Gasteiger partial charge on any atom is 0.0670 e. The quantitative estimate of drug-likeness (QED) is 0.808. The number of benzene rings is 1. The fourth-order valence-electron chi connectivity index (χ4n) is 0.883. The van der Waals surface area contributed by atoms with Crippen molar-refractivity contribution in [3.05, 3.63) is 26.6 Å². The first kappa shape index (κ1) is 9.56. The maximum atomic E-state index is 8.50. The van der Waals surface area contributed by atoms with Crippen LogP contribution in [0.25, 0.3) is 0 Å². The molecule has 0 aliphatic carbocycles. The van der Waals surface area contributed by atoms with Gasteiger partial charge in [-0.25, -0.2) is 0 Å². The van der Waals surface area contributed by atoms with Gasteiger partial charge in [0.15, 0.2) is 0 Å². The van der Waals surface area contributed by atoms with E-state index < -0.39 is 0 Å². The van der Waals surface area contributed by atoms with Crippen LogP contribution < -0.4 is 5.73 Å². The largest absolute Gasteiger partial charge is 0.398 e. The van der Waals surface area contributed by atoms with Crippen molar-refractivity contribution in [3.8, 4) is 6.07 Å². The van der Waals surface area contributed by atoms with Crippen molar-refractivity contribution >= 4 is 37.5 Å². The molecule has 2 nitrogen and oxygen atoms in total. The summed E-state index contributed by atoms with van der Waals surface area (Å²) in [5.41, 5.74) is 7.22. The Hall–Kier alpha value is -0.530.